The third kappa shape index (κ3) is 3.17. The van der Waals surface area contributed by atoms with Gasteiger partial charge in [0, 0.05) is 25.5 Å². The van der Waals surface area contributed by atoms with Gasteiger partial charge in [-0.3, -0.25) is 4.98 Å². The second-order valence-electron chi connectivity index (χ2n) is 3.89. The normalized spacial score (nSPS) is 10.3. The van der Waals surface area contributed by atoms with Gasteiger partial charge in [0.05, 0.1) is 11.6 Å². The van der Waals surface area contributed by atoms with E-state index in [0.29, 0.717) is 5.88 Å². The molecule has 0 aromatic carbocycles. The van der Waals surface area contributed by atoms with Gasteiger partial charge in [-0.1, -0.05) is 0 Å². The summed E-state index contributed by atoms with van der Waals surface area (Å²) in [5.41, 5.74) is 2.00. The van der Waals surface area contributed by atoms with Gasteiger partial charge in [0.25, 0.3) is 0 Å². The van der Waals surface area contributed by atoms with Crippen LogP contribution in [0, 0.1) is 0 Å². The van der Waals surface area contributed by atoms with Crippen LogP contribution in [-0.4, -0.2) is 21.7 Å². The Balaban J connectivity index is 2.12. The van der Waals surface area contributed by atoms with Gasteiger partial charge in [-0.2, -0.15) is 5.10 Å². The molecule has 5 heteroatoms. The first-order chi connectivity index (χ1) is 8.83. The first kappa shape index (κ1) is 12.8. The van der Waals surface area contributed by atoms with Crippen molar-refractivity contribution in [3.63, 3.8) is 0 Å². The molecule has 2 heterocycles. The lowest BCUT2D eigenvalue weighted by Crippen LogP contribution is -2.23. The molecule has 0 aliphatic rings. The van der Waals surface area contributed by atoms with Crippen molar-refractivity contribution >= 4 is 17.4 Å². The standard InChI is InChI=1S/C13H15ClN4/c1-2-18(10-11-5-7-15-8-6-11)13-4-3-12(9-14)16-17-13/h3-8H,2,9-10H2,1H3. The van der Waals surface area contributed by atoms with Crippen LogP contribution in [0.4, 0.5) is 5.82 Å². The summed E-state index contributed by atoms with van der Waals surface area (Å²) in [4.78, 5) is 6.17. The van der Waals surface area contributed by atoms with E-state index in [1.807, 2.05) is 24.3 Å². The van der Waals surface area contributed by atoms with E-state index in [4.69, 9.17) is 11.6 Å². The van der Waals surface area contributed by atoms with E-state index in [0.717, 1.165) is 24.6 Å². The van der Waals surface area contributed by atoms with E-state index in [-0.39, 0.29) is 0 Å². The van der Waals surface area contributed by atoms with Crippen molar-refractivity contribution in [2.75, 3.05) is 11.4 Å². The van der Waals surface area contributed by atoms with Crippen LogP contribution in [0.1, 0.15) is 18.2 Å². The van der Waals surface area contributed by atoms with E-state index in [1.165, 1.54) is 5.56 Å². The molecule has 0 radical (unpaired) electrons. The van der Waals surface area contributed by atoms with Crippen molar-refractivity contribution < 1.29 is 0 Å². The lowest BCUT2D eigenvalue weighted by atomic mass is 10.2. The number of hydrogen-bond donors (Lipinski definition) is 0. The fourth-order valence-corrected chi connectivity index (χ4v) is 1.80. The minimum Gasteiger partial charge on any atom is -0.351 e. The van der Waals surface area contributed by atoms with Crippen molar-refractivity contribution in [2.24, 2.45) is 0 Å². The van der Waals surface area contributed by atoms with Crippen molar-refractivity contribution in [3.05, 3.63) is 47.9 Å². The maximum Gasteiger partial charge on any atom is 0.151 e. The van der Waals surface area contributed by atoms with Gasteiger partial charge in [0.15, 0.2) is 5.82 Å². The predicted molar refractivity (Wildman–Crippen MR) is 72.6 cm³/mol. The lowest BCUT2D eigenvalue weighted by molar-refractivity contribution is 0.790. The summed E-state index contributed by atoms with van der Waals surface area (Å²) in [7, 11) is 0. The van der Waals surface area contributed by atoms with Gasteiger partial charge in [-0.25, -0.2) is 0 Å². The van der Waals surface area contributed by atoms with Gasteiger partial charge >= 0.3 is 0 Å². The highest BCUT2D eigenvalue weighted by Crippen LogP contribution is 2.13. The number of alkyl halides is 1. The maximum absolute atomic E-state index is 5.70. The molecule has 0 saturated heterocycles. The Hall–Kier alpha value is -1.68. The second-order valence-corrected chi connectivity index (χ2v) is 4.15. The fourth-order valence-electron chi connectivity index (χ4n) is 1.66. The molecule has 2 aromatic heterocycles. The van der Waals surface area contributed by atoms with E-state index >= 15 is 0 Å². The van der Waals surface area contributed by atoms with Crippen molar-refractivity contribution in [1.82, 2.24) is 15.2 Å². The van der Waals surface area contributed by atoms with E-state index in [2.05, 4.69) is 27.0 Å². The summed E-state index contributed by atoms with van der Waals surface area (Å²) in [6.07, 6.45) is 3.59. The number of aromatic nitrogens is 3. The SMILES string of the molecule is CCN(Cc1ccncc1)c1ccc(CCl)nn1. The number of nitrogens with zero attached hydrogens (tertiary/aromatic N) is 4. The molecule has 0 N–H and O–H groups in total. The Morgan fingerprint density at radius 3 is 2.44 bits per heavy atom. The fraction of sp³-hybridized carbons (Fsp3) is 0.308. The molecule has 0 spiro atoms. The monoisotopic (exact) mass is 262 g/mol. The highest BCUT2D eigenvalue weighted by Gasteiger charge is 2.07. The maximum atomic E-state index is 5.70. The molecule has 0 fully saturated rings. The van der Waals surface area contributed by atoms with Crippen LogP contribution in [0.5, 0.6) is 0 Å². The minimum atomic E-state index is 0.393. The smallest absolute Gasteiger partial charge is 0.151 e. The first-order valence-corrected chi connectivity index (χ1v) is 6.39. The largest absolute Gasteiger partial charge is 0.351 e. The highest BCUT2D eigenvalue weighted by molar-refractivity contribution is 6.16. The molecule has 18 heavy (non-hydrogen) atoms. The van der Waals surface area contributed by atoms with Crippen molar-refractivity contribution in [1.29, 1.82) is 0 Å². The van der Waals surface area contributed by atoms with Gasteiger partial charge in [-0.15, -0.1) is 16.7 Å². The predicted octanol–water partition coefficient (Wildman–Crippen LogP) is 2.64. The Bertz CT molecular complexity index is 472. The molecule has 0 aliphatic carbocycles. The van der Waals surface area contributed by atoms with E-state index in [1.54, 1.807) is 12.4 Å². The van der Waals surface area contributed by atoms with E-state index in [9.17, 15) is 0 Å². The lowest BCUT2D eigenvalue weighted by Gasteiger charge is -2.21. The topological polar surface area (TPSA) is 41.9 Å². The van der Waals surface area contributed by atoms with Gasteiger partial charge in [-0.05, 0) is 36.8 Å². The van der Waals surface area contributed by atoms with E-state index < -0.39 is 0 Å². The molecular formula is C13H15ClN4. The number of anilines is 1. The molecule has 0 amide bonds. The average Bonchev–Trinajstić information content (AvgIpc) is 2.46. The zero-order valence-electron chi connectivity index (χ0n) is 10.3. The summed E-state index contributed by atoms with van der Waals surface area (Å²) in [6, 6.07) is 7.87. The third-order valence-electron chi connectivity index (χ3n) is 2.67. The van der Waals surface area contributed by atoms with Gasteiger partial charge in [0.2, 0.25) is 0 Å². The zero-order valence-corrected chi connectivity index (χ0v) is 11.0. The zero-order chi connectivity index (χ0) is 12.8. The minimum absolute atomic E-state index is 0.393. The third-order valence-corrected chi connectivity index (χ3v) is 2.94. The number of rotatable bonds is 5. The molecule has 0 aliphatic heterocycles. The average molecular weight is 263 g/mol. The van der Waals surface area contributed by atoms with Crippen LogP contribution < -0.4 is 4.90 Å². The van der Waals surface area contributed by atoms with Crippen LogP contribution >= 0.6 is 11.6 Å². The van der Waals surface area contributed by atoms with Crippen molar-refractivity contribution in [2.45, 2.75) is 19.3 Å². The van der Waals surface area contributed by atoms with Crippen LogP contribution in [0.15, 0.2) is 36.7 Å². The van der Waals surface area contributed by atoms with Gasteiger partial charge in [0.1, 0.15) is 0 Å². The van der Waals surface area contributed by atoms with Crippen LogP contribution in [0.25, 0.3) is 0 Å². The molecule has 2 aromatic rings. The quantitative estimate of drug-likeness (QED) is 0.777. The second kappa shape index (κ2) is 6.31. The van der Waals surface area contributed by atoms with Crippen LogP contribution in [0.2, 0.25) is 0 Å². The molecule has 0 atom stereocenters. The number of pyridine rings is 1. The van der Waals surface area contributed by atoms with Crippen LogP contribution in [-0.2, 0) is 12.4 Å². The first-order valence-electron chi connectivity index (χ1n) is 5.86. The Morgan fingerprint density at radius 1 is 1.11 bits per heavy atom. The highest BCUT2D eigenvalue weighted by atomic mass is 35.5. The summed E-state index contributed by atoms with van der Waals surface area (Å²) in [6.45, 7) is 3.77. The Labute approximate surface area is 112 Å². The summed E-state index contributed by atoms with van der Waals surface area (Å²) in [5, 5.41) is 8.26. The Morgan fingerprint density at radius 2 is 1.89 bits per heavy atom. The summed E-state index contributed by atoms with van der Waals surface area (Å²) in [5.74, 6) is 1.26. The molecule has 4 nitrogen and oxygen atoms in total. The number of hydrogen-bond acceptors (Lipinski definition) is 4. The molecule has 94 valence electrons. The van der Waals surface area contributed by atoms with Crippen molar-refractivity contribution in [3.8, 4) is 0 Å². The molecule has 0 unspecified atom stereocenters. The molecule has 2 rings (SSSR count). The molecule has 0 bridgehead atoms. The number of halogens is 1. The van der Waals surface area contributed by atoms with Crippen LogP contribution in [0.3, 0.4) is 0 Å². The summed E-state index contributed by atoms with van der Waals surface area (Å²) >= 11 is 5.70. The summed E-state index contributed by atoms with van der Waals surface area (Å²) < 4.78 is 0. The Kier molecular flexibility index (Phi) is 4.47. The molecular weight excluding hydrogens is 248 g/mol. The molecule has 0 saturated carbocycles. The van der Waals surface area contributed by atoms with Gasteiger partial charge < -0.3 is 4.90 Å².